The normalized spacial score (nSPS) is 12.5. The molecule has 1 aromatic heterocycles. The molecule has 0 fully saturated rings. The second-order valence-corrected chi connectivity index (χ2v) is 5.18. The average Bonchev–Trinajstić information content (AvgIpc) is 2.94. The number of aromatic nitrogens is 2. The standard InChI is InChI=1S/C15H21N3O3/c1-9(2)14(16)15-17-13(18-21-15)8-10-5-6-11(19-3)12(7-10)20-4/h5-7,9,14H,8,16H2,1-4H3/t14-/m1/s1. The second kappa shape index (κ2) is 6.58. The van der Waals surface area contributed by atoms with Gasteiger partial charge in [-0.05, 0) is 23.6 Å². The summed E-state index contributed by atoms with van der Waals surface area (Å²) in [4.78, 5) is 4.35. The third-order valence-electron chi connectivity index (χ3n) is 3.30. The van der Waals surface area contributed by atoms with E-state index in [2.05, 4.69) is 10.1 Å². The Morgan fingerprint density at radius 3 is 2.52 bits per heavy atom. The number of benzene rings is 1. The van der Waals surface area contributed by atoms with Crippen molar-refractivity contribution in [2.75, 3.05) is 14.2 Å². The summed E-state index contributed by atoms with van der Waals surface area (Å²) >= 11 is 0. The lowest BCUT2D eigenvalue weighted by molar-refractivity contribution is 0.322. The highest BCUT2D eigenvalue weighted by Crippen LogP contribution is 2.28. The largest absolute Gasteiger partial charge is 0.493 e. The van der Waals surface area contributed by atoms with Gasteiger partial charge in [-0.3, -0.25) is 0 Å². The maximum Gasteiger partial charge on any atom is 0.243 e. The van der Waals surface area contributed by atoms with Gasteiger partial charge in [-0.1, -0.05) is 25.1 Å². The van der Waals surface area contributed by atoms with Crippen molar-refractivity contribution in [2.45, 2.75) is 26.3 Å². The van der Waals surface area contributed by atoms with Gasteiger partial charge in [0, 0.05) is 6.42 Å². The second-order valence-electron chi connectivity index (χ2n) is 5.18. The Morgan fingerprint density at radius 2 is 1.90 bits per heavy atom. The van der Waals surface area contributed by atoms with Crippen molar-refractivity contribution in [3.05, 3.63) is 35.5 Å². The summed E-state index contributed by atoms with van der Waals surface area (Å²) < 4.78 is 15.7. The van der Waals surface area contributed by atoms with Crippen LogP contribution in [0.5, 0.6) is 11.5 Å². The molecule has 114 valence electrons. The first-order valence-electron chi connectivity index (χ1n) is 6.84. The highest BCUT2D eigenvalue weighted by atomic mass is 16.5. The molecule has 1 atom stereocenters. The van der Waals surface area contributed by atoms with Crippen LogP contribution in [-0.2, 0) is 6.42 Å². The van der Waals surface area contributed by atoms with Crippen LogP contribution in [0.2, 0.25) is 0 Å². The monoisotopic (exact) mass is 291 g/mol. The van der Waals surface area contributed by atoms with Gasteiger partial charge in [-0.25, -0.2) is 0 Å². The minimum absolute atomic E-state index is 0.239. The highest BCUT2D eigenvalue weighted by Gasteiger charge is 2.18. The van der Waals surface area contributed by atoms with Crippen molar-refractivity contribution in [1.82, 2.24) is 10.1 Å². The van der Waals surface area contributed by atoms with Gasteiger partial charge in [-0.2, -0.15) is 4.98 Å². The van der Waals surface area contributed by atoms with Gasteiger partial charge in [0.15, 0.2) is 17.3 Å². The predicted molar refractivity (Wildman–Crippen MR) is 78.4 cm³/mol. The van der Waals surface area contributed by atoms with E-state index in [1.54, 1.807) is 14.2 Å². The van der Waals surface area contributed by atoms with Crippen molar-refractivity contribution >= 4 is 0 Å². The summed E-state index contributed by atoms with van der Waals surface area (Å²) in [7, 11) is 3.21. The molecule has 0 bridgehead atoms. The molecule has 6 nitrogen and oxygen atoms in total. The van der Waals surface area contributed by atoms with Gasteiger partial charge in [0.05, 0.1) is 20.3 Å². The van der Waals surface area contributed by atoms with Crippen molar-refractivity contribution in [2.24, 2.45) is 11.7 Å². The molecule has 1 heterocycles. The number of methoxy groups -OCH3 is 2. The number of rotatable bonds is 6. The lowest BCUT2D eigenvalue weighted by Gasteiger charge is -2.09. The molecular weight excluding hydrogens is 270 g/mol. The molecule has 0 spiro atoms. The number of nitrogens with zero attached hydrogens (tertiary/aromatic N) is 2. The van der Waals surface area contributed by atoms with E-state index in [9.17, 15) is 0 Å². The molecule has 2 N–H and O–H groups in total. The highest BCUT2D eigenvalue weighted by molar-refractivity contribution is 5.43. The number of hydrogen-bond donors (Lipinski definition) is 1. The molecule has 0 aliphatic heterocycles. The molecular formula is C15H21N3O3. The van der Waals surface area contributed by atoms with Gasteiger partial charge in [0.2, 0.25) is 5.89 Å². The zero-order valence-electron chi connectivity index (χ0n) is 12.8. The summed E-state index contributed by atoms with van der Waals surface area (Å²) in [6, 6.07) is 5.46. The summed E-state index contributed by atoms with van der Waals surface area (Å²) in [6.45, 7) is 4.03. The summed E-state index contributed by atoms with van der Waals surface area (Å²) in [5.74, 6) is 2.70. The van der Waals surface area contributed by atoms with E-state index in [0.29, 0.717) is 29.6 Å². The maximum absolute atomic E-state index is 6.00. The molecule has 0 unspecified atom stereocenters. The van der Waals surface area contributed by atoms with Crippen molar-refractivity contribution < 1.29 is 14.0 Å². The van der Waals surface area contributed by atoms with E-state index >= 15 is 0 Å². The third-order valence-corrected chi connectivity index (χ3v) is 3.30. The Labute approximate surface area is 124 Å². The molecule has 2 aromatic rings. The van der Waals surface area contributed by atoms with Crippen LogP contribution in [0.4, 0.5) is 0 Å². The SMILES string of the molecule is COc1ccc(Cc2noc([C@H](N)C(C)C)n2)cc1OC. The zero-order valence-corrected chi connectivity index (χ0v) is 12.8. The molecule has 0 aliphatic rings. The quantitative estimate of drug-likeness (QED) is 0.879. The van der Waals surface area contributed by atoms with Crippen LogP contribution in [0, 0.1) is 5.92 Å². The van der Waals surface area contributed by atoms with Crippen LogP contribution in [0.15, 0.2) is 22.7 Å². The molecule has 0 radical (unpaired) electrons. The minimum atomic E-state index is -0.239. The van der Waals surface area contributed by atoms with Crippen LogP contribution < -0.4 is 15.2 Å². The molecule has 2 rings (SSSR count). The Balaban J connectivity index is 2.15. The lowest BCUT2D eigenvalue weighted by Crippen LogP contribution is -2.17. The van der Waals surface area contributed by atoms with Crippen LogP contribution in [0.1, 0.15) is 37.2 Å². The Bertz CT molecular complexity index is 596. The summed E-state index contributed by atoms with van der Waals surface area (Å²) in [6.07, 6.45) is 0.550. The van der Waals surface area contributed by atoms with Crippen LogP contribution in [0.3, 0.4) is 0 Å². The number of hydrogen-bond acceptors (Lipinski definition) is 6. The van der Waals surface area contributed by atoms with Crippen LogP contribution in [0.25, 0.3) is 0 Å². The minimum Gasteiger partial charge on any atom is -0.493 e. The van der Waals surface area contributed by atoms with Crippen molar-refractivity contribution in [3.63, 3.8) is 0 Å². The summed E-state index contributed by atoms with van der Waals surface area (Å²) in [5, 5.41) is 3.97. The Kier molecular flexibility index (Phi) is 4.80. The van der Waals surface area contributed by atoms with Crippen LogP contribution in [-0.4, -0.2) is 24.4 Å². The van der Waals surface area contributed by atoms with E-state index in [0.717, 1.165) is 5.56 Å². The lowest BCUT2D eigenvalue weighted by atomic mass is 10.1. The van der Waals surface area contributed by atoms with E-state index in [1.165, 1.54) is 0 Å². The van der Waals surface area contributed by atoms with Crippen LogP contribution >= 0.6 is 0 Å². The van der Waals surface area contributed by atoms with Crippen molar-refractivity contribution in [1.29, 1.82) is 0 Å². The first-order valence-corrected chi connectivity index (χ1v) is 6.84. The third kappa shape index (κ3) is 3.52. The smallest absolute Gasteiger partial charge is 0.243 e. The maximum atomic E-state index is 6.00. The van der Waals surface area contributed by atoms with Gasteiger partial charge in [0.1, 0.15) is 0 Å². The van der Waals surface area contributed by atoms with E-state index in [-0.39, 0.29) is 12.0 Å². The van der Waals surface area contributed by atoms with Crippen molar-refractivity contribution in [3.8, 4) is 11.5 Å². The van der Waals surface area contributed by atoms with Gasteiger partial charge < -0.3 is 19.7 Å². The molecule has 0 saturated heterocycles. The number of nitrogens with two attached hydrogens (primary N) is 1. The fourth-order valence-corrected chi connectivity index (χ4v) is 1.93. The molecule has 6 heteroatoms. The molecule has 0 saturated carbocycles. The molecule has 0 amide bonds. The van der Waals surface area contributed by atoms with E-state index in [1.807, 2.05) is 32.0 Å². The molecule has 1 aromatic carbocycles. The fourth-order valence-electron chi connectivity index (χ4n) is 1.93. The fraction of sp³-hybridized carbons (Fsp3) is 0.467. The zero-order chi connectivity index (χ0) is 15.4. The van der Waals surface area contributed by atoms with Gasteiger partial charge in [0.25, 0.3) is 0 Å². The summed E-state index contributed by atoms with van der Waals surface area (Å²) in [5.41, 5.74) is 7.01. The average molecular weight is 291 g/mol. The predicted octanol–water partition coefficient (Wildman–Crippen LogP) is 2.33. The van der Waals surface area contributed by atoms with Gasteiger partial charge >= 0.3 is 0 Å². The Morgan fingerprint density at radius 1 is 1.19 bits per heavy atom. The topological polar surface area (TPSA) is 83.4 Å². The van der Waals surface area contributed by atoms with Gasteiger partial charge in [-0.15, -0.1) is 0 Å². The first-order chi connectivity index (χ1) is 10.0. The molecule has 21 heavy (non-hydrogen) atoms. The number of ether oxygens (including phenoxy) is 2. The Hall–Kier alpha value is -2.08. The molecule has 0 aliphatic carbocycles. The first kappa shape index (κ1) is 15.3. The van der Waals surface area contributed by atoms with E-state index < -0.39 is 0 Å². The van der Waals surface area contributed by atoms with E-state index in [4.69, 9.17) is 19.7 Å².